The van der Waals surface area contributed by atoms with E-state index in [-0.39, 0.29) is 6.04 Å². The topological polar surface area (TPSA) is 29.3 Å². The van der Waals surface area contributed by atoms with E-state index in [0.29, 0.717) is 0 Å². The van der Waals surface area contributed by atoms with Crippen LogP contribution in [-0.4, -0.2) is 24.0 Å². The highest BCUT2D eigenvalue weighted by molar-refractivity contribution is 5.39. The lowest BCUT2D eigenvalue weighted by Crippen LogP contribution is -2.36. The highest BCUT2D eigenvalue weighted by Crippen LogP contribution is 2.36. The van der Waals surface area contributed by atoms with Gasteiger partial charge in [0.2, 0.25) is 0 Å². The average molecular weight is 272 g/mol. The zero-order valence-corrected chi connectivity index (χ0v) is 13.2. The Morgan fingerprint density at radius 2 is 1.70 bits per heavy atom. The van der Waals surface area contributed by atoms with E-state index < -0.39 is 0 Å². The monoisotopic (exact) mass is 272 g/mol. The lowest BCUT2D eigenvalue weighted by Gasteiger charge is -2.27. The molecule has 2 N–H and O–H groups in total. The normalized spacial score (nSPS) is 20.4. The van der Waals surface area contributed by atoms with Crippen LogP contribution in [0.25, 0.3) is 0 Å². The smallest absolute Gasteiger partial charge is 0.0429 e. The Kier molecular flexibility index (Phi) is 3.87. The van der Waals surface area contributed by atoms with Crippen molar-refractivity contribution in [1.82, 2.24) is 4.90 Å². The van der Waals surface area contributed by atoms with Crippen molar-refractivity contribution in [2.45, 2.75) is 58.5 Å². The first-order valence-electron chi connectivity index (χ1n) is 8.12. The summed E-state index contributed by atoms with van der Waals surface area (Å²) in [7, 11) is 0. The third kappa shape index (κ3) is 3.24. The molecule has 110 valence electrons. The van der Waals surface area contributed by atoms with Gasteiger partial charge in [-0.3, -0.25) is 4.90 Å². The fourth-order valence-electron chi connectivity index (χ4n) is 3.56. The van der Waals surface area contributed by atoms with Crippen molar-refractivity contribution in [3.63, 3.8) is 0 Å². The number of hydrogen-bond donors (Lipinski definition) is 1. The molecule has 0 radical (unpaired) electrons. The van der Waals surface area contributed by atoms with Crippen molar-refractivity contribution in [3.8, 4) is 0 Å². The Morgan fingerprint density at radius 1 is 1.10 bits per heavy atom. The maximum atomic E-state index is 6.57. The van der Waals surface area contributed by atoms with Crippen molar-refractivity contribution < 1.29 is 0 Å². The average Bonchev–Trinajstić information content (AvgIpc) is 3.22. The van der Waals surface area contributed by atoms with E-state index in [1.165, 1.54) is 54.5 Å². The van der Waals surface area contributed by atoms with Gasteiger partial charge in [0, 0.05) is 25.2 Å². The number of nitrogens with two attached hydrogens (primary N) is 1. The molecule has 2 nitrogen and oxygen atoms in total. The molecule has 2 fully saturated rings. The van der Waals surface area contributed by atoms with Crippen LogP contribution >= 0.6 is 0 Å². The summed E-state index contributed by atoms with van der Waals surface area (Å²) in [5.41, 5.74) is 12.0. The third-order valence-electron chi connectivity index (χ3n) is 4.79. The van der Waals surface area contributed by atoms with Crippen LogP contribution in [0.1, 0.15) is 54.0 Å². The Hall–Kier alpha value is -0.860. The van der Waals surface area contributed by atoms with E-state index in [9.17, 15) is 0 Å². The van der Waals surface area contributed by atoms with Gasteiger partial charge >= 0.3 is 0 Å². The molecule has 2 heteroatoms. The molecule has 0 spiro atoms. The molecule has 3 rings (SSSR count). The molecule has 2 aliphatic carbocycles. The fraction of sp³-hybridized carbons (Fsp3) is 0.667. The van der Waals surface area contributed by atoms with E-state index in [1.54, 1.807) is 0 Å². The molecule has 0 bridgehead atoms. The van der Waals surface area contributed by atoms with Gasteiger partial charge in [-0.25, -0.2) is 0 Å². The Balaban J connectivity index is 1.72. The summed E-state index contributed by atoms with van der Waals surface area (Å²) < 4.78 is 0. The van der Waals surface area contributed by atoms with Gasteiger partial charge in [0.05, 0.1) is 0 Å². The number of hydrogen-bond acceptors (Lipinski definition) is 2. The number of rotatable bonds is 6. The van der Waals surface area contributed by atoms with Crippen molar-refractivity contribution in [2.75, 3.05) is 13.1 Å². The molecule has 1 atom stereocenters. The minimum absolute atomic E-state index is 0.162. The Bertz CT molecular complexity index is 463. The zero-order valence-electron chi connectivity index (χ0n) is 13.2. The number of benzene rings is 1. The second kappa shape index (κ2) is 5.50. The van der Waals surface area contributed by atoms with Gasteiger partial charge < -0.3 is 5.73 Å². The van der Waals surface area contributed by atoms with Crippen molar-refractivity contribution in [3.05, 3.63) is 34.4 Å². The van der Waals surface area contributed by atoms with E-state index in [1.807, 2.05) is 0 Å². The number of aryl methyl sites for hydroxylation is 3. The van der Waals surface area contributed by atoms with Crippen LogP contribution in [0.2, 0.25) is 0 Å². The van der Waals surface area contributed by atoms with Crippen molar-refractivity contribution in [1.29, 1.82) is 0 Å². The van der Waals surface area contributed by atoms with Crippen LogP contribution < -0.4 is 5.73 Å². The first-order chi connectivity index (χ1) is 9.54. The second-order valence-electron chi connectivity index (χ2n) is 7.05. The molecule has 1 aromatic carbocycles. The molecule has 2 aliphatic rings. The largest absolute Gasteiger partial charge is 0.323 e. The molecule has 0 heterocycles. The van der Waals surface area contributed by atoms with Gasteiger partial charge in [-0.05, 0) is 69.1 Å². The van der Waals surface area contributed by atoms with E-state index >= 15 is 0 Å². The molecule has 0 aliphatic heterocycles. The highest BCUT2D eigenvalue weighted by Gasteiger charge is 2.34. The molecule has 0 amide bonds. The van der Waals surface area contributed by atoms with Crippen LogP contribution in [0.15, 0.2) is 12.1 Å². The Morgan fingerprint density at radius 3 is 2.20 bits per heavy atom. The summed E-state index contributed by atoms with van der Waals surface area (Å²) in [5.74, 6) is 0.961. The predicted octanol–water partition coefficient (Wildman–Crippen LogP) is 3.49. The van der Waals surface area contributed by atoms with Crippen molar-refractivity contribution in [2.24, 2.45) is 11.7 Å². The standard InChI is InChI=1S/C18H28N2/c1-12-8-13(2)18(14(3)9-12)17(19)11-20(16-6-7-16)10-15-4-5-15/h8-9,15-17H,4-7,10-11,19H2,1-3H3. The summed E-state index contributed by atoms with van der Waals surface area (Å²) in [6.45, 7) is 8.89. The third-order valence-corrected chi connectivity index (χ3v) is 4.79. The quantitative estimate of drug-likeness (QED) is 0.859. The van der Waals surface area contributed by atoms with Crippen LogP contribution in [0, 0.1) is 26.7 Å². The maximum Gasteiger partial charge on any atom is 0.0429 e. The molecule has 0 saturated heterocycles. The summed E-state index contributed by atoms with van der Waals surface area (Å²) >= 11 is 0. The zero-order chi connectivity index (χ0) is 14.3. The summed E-state index contributed by atoms with van der Waals surface area (Å²) in [6.07, 6.45) is 5.62. The number of nitrogens with zero attached hydrogens (tertiary/aromatic N) is 1. The first kappa shape index (κ1) is 14.1. The minimum atomic E-state index is 0.162. The van der Waals surface area contributed by atoms with Gasteiger partial charge in [0.15, 0.2) is 0 Å². The lowest BCUT2D eigenvalue weighted by atomic mass is 9.94. The predicted molar refractivity (Wildman–Crippen MR) is 84.9 cm³/mol. The molecule has 0 aromatic heterocycles. The van der Waals surface area contributed by atoms with Gasteiger partial charge in [0.25, 0.3) is 0 Å². The summed E-state index contributed by atoms with van der Waals surface area (Å²) in [4.78, 5) is 2.67. The summed E-state index contributed by atoms with van der Waals surface area (Å²) in [6, 6.07) is 5.53. The molecule has 1 unspecified atom stereocenters. The first-order valence-corrected chi connectivity index (χ1v) is 8.12. The lowest BCUT2D eigenvalue weighted by molar-refractivity contribution is 0.237. The molecule has 1 aromatic rings. The molecule has 20 heavy (non-hydrogen) atoms. The van der Waals surface area contributed by atoms with E-state index in [2.05, 4.69) is 37.8 Å². The Labute approximate surface area is 123 Å². The molecule has 2 saturated carbocycles. The van der Waals surface area contributed by atoms with Crippen LogP contribution in [0.3, 0.4) is 0 Å². The van der Waals surface area contributed by atoms with Crippen molar-refractivity contribution >= 4 is 0 Å². The van der Waals surface area contributed by atoms with Gasteiger partial charge in [-0.2, -0.15) is 0 Å². The van der Waals surface area contributed by atoms with Crippen LogP contribution in [0.4, 0.5) is 0 Å². The maximum absolute atomic E-state index is 6.57. The molecular weight excluding hydrogens is 244 g/mol. The molecular formula is C18H28N2. The summed E-state index contributed by atoms with van der Waals surface area (Å²) in [5, 5.41) is 0. The second-order valence-corrected chi connectivity index (χ2v) is 7.05. The van der Waals surface area contributed by atoms with E-state index in [4.69, 9.17) is 5.73 Å². The fourth-order valence-corrected chi connectivity index (χ4v) is 3.56. The minimum Gasteiger partial charge on any atom is -0.323 e. The van der Waals surface area contributed by atoms with Gasteiger partial charge in [0.1, 0.15) is 0 Å². The van der Waals surface area contributed by atoms with Crippen LogP contribution in [-0.2, 0) is 0 Å². The van der Waals surface area contributed by atoms with Gasteiger partial charge in [-0.15, -0.1) is 0 Å². The van der Waals surface area contributed by atoms with E-state index in [0.717, 1.165) is 18.5 Å². The van der Waals surface area contributed by atoms with Crippen LogP contribution in [0.5, 0.6) is 0 Å². The SMILES string of the molecule is Cc1cc(C)c(C(N)CN(CC2CC2)C2CC2)c(C)c1. The highest BCUT2D eigenvalue weighted by atomic mass is 15.2. The van der Waals surface area contributed by atoms with Gasteiger partial charge in [-0.1, -0.05) is 17.7 Å².